The van der Waals surface area contributed by atoms with E-state index in [4.69, 9.17) is 4.74 Å². The predicted octanol–water partition coefficient (Wildman–Crippen LogP) is 1.44. The number of halogens is 1. The van der Waals surface area contributed by atoms with Crippen LogP contribution < -0.4 is 10.1 Å². The van der Waals surface area contributed by atoms with Crippen molar-refractivity contribution in [2.24, 2.45) is 4.99 Å². The van der Waals surface area contributed by atoms with Crippen molar-refractivity contribution in [2.45, 2.75) is 6.04 Å². The van der Waals surface area contributed by atoms with Crippen molar-refractivity contribution in [2.75, 3.05) is 67.5 Å². The summed E-state index contributed by atoms with van der Waals surface area (Å²) in [7, 11) is 8.25. The van der Waals surface area contributed by atoms with Gasteiger partial charge in [-0.1, -0.05) is 18.2 Å². The van der Waals surface area contributed by atoms with Crippen LogP contribution in [0.1, 0.15) is 0 Å². The zero-order valence-electron chi connectivity index (χ0n) is 15.8. The maximum atomic E-state index is 5.76. The number of nitrogens with zero attached hydrogens (tertiary/aromatic N) is 4. The average molecular weight is 461 g/mol. The quantitative estimate of drug-likeness (QED) is 0.395. The molecule has 1 unspecified atom stereocenters. The van der Waals surface area contributed by atoms with Crippen molar-refractivity contribution < 1.29 is 4.74 Å². The van der Waals surface area contributed by atoms with Crippen molar-refractivity contribution in [3.05, 3.63) is 30.3 Å². The molecular weight excluding hydrogens is 429 g/mol. The van der Waals surface area contributed by atoms with Crippen LogP contribution >= 0.6 is 24.0 Å². The second-order valence-electron chi connectivity index (χ2n) is 6.41. The van der Waals surface area contributed by atoms with Crippen molar-refractivity contribution >= 4 is 29.9 Å². The Hall–Kier alpha value is -1.06. The number of piperazine rings is 1. The number of ether oxygens (including phenoxy) is 1. The molecule has 2 rings (SSSR count). The van der Waals surface area contributed by atoms with Crippen LogP contribution in [-0.2, 0) is 0 Å². The van der Waals surface area contributed by atoms with E-state index in [1.54, 1.807) is 0 Å². The van der Waals surface area contributed by atoms with Crippen molar-refractivity contribution in [3.8, 4) is 5.75 Å². The fraction of sp³-hybridized carbons (Fsp3) is 0.611. The first kappa shape index (κ1) is 22.0. The summed E-state index contributed by atoms with van der Waals surface area (Å²) in [5.41, 5.74) is 0. The van der Waals surface area contributed by atoms with Gasteiger partial charge >= 0.3 is 0 Å². The lowest BCUT2D eigenvalue weighted by Crippen LogP contribution is -2.55. The number of guanidine groups is 1. The molecule has 0 amide bonds. The Morgan fingerprint density at radius 2 is 2.00 bits per heavy atom. The van der Waals surface area contributed by atoms with Crippen LogP contribution in [0.3, 0.4) is 0 Å². The molecule has 1 fully saturated rings. The van der Waals surface area contributed by atoms with Gasteiger partial charge in [0.2, 0.25) is 0 Å². The molecular formula is C18H32IN5O. The zero-order valence-corrected chi connectivity index (χ0v) is 18.1. The molecule has 0 saturated carbocycles. The summed E-state index contributed by atoms with van der Waals surface area (Å²) in [6, 6.07) is 10.4. The molecule has 1 saturated heterocycles. The van der Waals surface area contributed by atoms with Crippen LogP contribution in [0.25, 0.3) is 0 Å². The van der Waals surface area contributed by atoms with Crippen LogP contribution in [0.15, 0.2) is 35.3 Å². The molecule has 0 spiro atoms. The Morgan fingerprint density at radius 1 is 1.28 bits per heavy atom. The fourth-order valence-corrected chi connectivity index (χ4v) is 2.84. The lowest BCUT2D eigenvalue weighted by molar-refractivity contribution is 0.116. The third-order valence-corrected chi connectivity index (χ3v) is 4.49. The molecule has 0 bridgehead atoms. The summed E-state index contributed by atoms with van der Waals surface area (Å²) < 4.78 is 5.76. The topological polar surface area (TPSA) is 43.3 Å². The first-order chi connectivity index (χ1) is 11.6. The maximum absolute atomic E-state index is 5.76. The lowest BCUT2D eigenvalue weighted by atomic mass is 10.2. The van der Waals surface area contributed by atoms with E-state index in [1.165, 1.54) is 0 Å². The summed E-state index contributed by atoms with van der Waals surface area (Å²) in [5.74, 6) is 1.81. The van der Waals surface area contributed by atoms with E-state index >= 15 is 0 Å². The molecule has 0 aromatic heterocycles. The van der Waals surface area contributed by atoms with Gasteiger partial charge in [0.05, 0.1) is 6.54 Å². The number of nitrogens with one attached hydrogen (secondary N) is 1. The molecule has 0 radical (unpaired) electrons. The summed E-state index contributed by atoms with van der Waals surface area (Å²) in [4.78, 5) is 11.3. The molecule has 6 nitrogen and oxygen atoms in total. The smallest absolute Gasteiger partial charge is 0.193 e. The van der Waals surface area contributed by atoms with Crippen LogP contribution in [0, 0.1) is 0 Å². The molecule has 1 aliphatic heterocycles. The maximum Gasteiger partial charge on any atom is 0.193 e. The molecule has 25 heavy (non-hydrogen) atoms. The van der Waals surface area contributed by atoms with Gasteiger partial charge < -0.3 is 19.9 Å². The largest absolute Gasteiger partial charge is 0.492 e. The summed E-state index contributed by atoms with van der Waals surface area (Å²) in [5, 5.41) is 3.49. The normalized spacial score (nSPS) is 19.2. The Bertz CT molecular complexity index is 513. The standard InChI is InChI=1S/C18H31N5O.HI/c1-19-18(20-14-16-15-21(2)10-11-22(16)3)23(4)12-13-24-17-8-6-5-7-9-17;/h5-9,16H,10-15H2,1-4H3,(H,19,20);1H. The van der Waals surface area contributed by atoms with Gasteiger partial charge in [0, 0.05) is 46.3 Å². The highest BCUT2D eigenvalue weighted by atomic mass is 127. The average Bonchev–Trinajstić information content (AvgIpc) is 2.59. The molecule has 1 heterocycles. The molecule has 7 heteroatoms. The molecule has 1 aliphatic rings. The van der Waals surface area contributed by atoms with Gasteiger partial charge in [-0.15, -0.1) is 24.0 Å². The first-order valence-corrected chi connectivity index (χ1v) is 8.58. The summed E-state index contributed by atoms with van der Waals surface area (Å²) >= 11 is 0. The van der Waals surface area contributed by atoms with Crippen LogP contribution in [-0.4, -0.2) is 94.2 Å². The predicted molar refractivity (Wildman–Crippen MR) is 115 cm³/mol. The molecule has 1 aromatic carbocycles. The summed E-state index contributed by atoms with van der Waals surface area (Å²) in [6.07, 6.45) is 0. The van der Waals surface area contributed by atoms with Crippen LogP contribution in [0.5, 0.6) is 5.75 Å². The van der Waals surface area contributed by atoms with Gasteiger partial charge in [-0.3, -0.25) is 9.89 Å². The number of hydrogen-bond donors (Lipinski definition) is 1. The van der Waals surface area contributed by atoms with Crippen LogP contribution in [0.4, 0.5) is 0 Å². The number of aliphatic imine (C=N–C) groups is 1. The third kappa shape index (κ3) is 7.37. The van der Waals surface area contributed by atoms with E-state index in [1.807, 2.05) is 44.4 Å². The molecule has 1 N–H and O–H groups in total. The molecule has 1 atom stereocenters. The molecule has 142 valence electrons. The Balaban J connectivity index is 0.00000312. The van der Waals surface area contributed by atoms with Gasteiger partial charge in [-0.2, -0.15) is 0 Å². The third-order valence-electron chi connectivity index (χ3n) is 4.49. The highest BCUT2D eigenvalue weighted by Gasteiger charge is 2.22. The van der Waals surface area contributed by atoms with E-state index in [-0.39, 0.29) is 24.0 Å². The Kier molecular flexibility index (Phi) is 10.1. The van der Waals surface area contributed by atoms with Gasteiger partial charge in [0.25, 0.3) is 0 Å². The Morgan fingerprint density at radius 3 is 2.68 bits per heavy atom. The minimum atomic E-state index is 0. The highest BCUT2D eigenvalue weighted by molar-refractivity contribution is 14.0. The second-order valence-corrected chi connectivity index (χ2v) is 6.41. The highest BCUT2D eigenvalue weighted by Crippen LogP contribution is 2.08. The number of likely N-dealkylation sites (N-methyl/N-ethyl adjacent to an activating group) is 3. The zero-order chi connectivity index (χ0) is 17.4. The Labute approximate surface area is 169 Å². The van der Waals surface area contributed by atoms with Crippen molar-refractivity contribution in [1.29, 1.82) is 0 Å². The van der Waals surface area contributed by atoms with Crippen LogP contribution in [0.2, 0.25) is 0 Å². The monoisotopic (exact) mass is 461 g/mol. The molecule has 0 aliphatic carbocycles. The van der Waals surface area contributed by atoms with Crippen molar-refractivity contribution in [3.63, 3.8) is 0 Å². The minimum Gasteiger partial charge on any atom is -0.492 e. The van der Waals surface area contributed by atoms with Gasteiger partial charge in [-0.25, -0.2) is 0 Å². The van der Waals surface area contributed by atoms with Gasteiger partial charge in [-0.05, 0) is 26.2 Å². The van der Waals surface area contributed by atoms with E-state index in [0.717, 1.165) is 44.4 Å². The van der Waals surface area contributed by atoms with E-state index in [2.05, 4.69) is 39.1 Å². The first-order valence-electron chi connectivity index (χ1n) is 8.58. The van der Waals surface area contributed by atoms with Crippen molar-refractivity contribution in [1.82, 2.24) is 20.0 Å². The van der Waals surface area contributed by atoms with E-state index in [0.29, 0.717) is 12.6 Å². The SMILES string of the molecule is CN=C(NCC1CN(C)CCN1C)N(C)CCOc1ccccc1.I. The number of rotatable bonds is 6. The summed E-state index contributed by atoms with van der Waals surface area (Å²) in [6.45, 7) is 5.65. The number of hydrogen-bond acceptors (Lipinski definition) is 4. The number of benzene rings is 1. The minimum absolute atomic E-state index is 0. The lowest BCUT2D eigenvalue weighted by Gasteiger charge is -2.38. The fourth-order valence-electron chi connectivity index (χ4n) is 2.84. The second kappa shape index (κ2) is 11.5. The van der Waals surface area contributed by atoms with E-state index < -0.39 is 0 Å². The van der Waals surface area contributed by atoms with E-state index in [9.17, 15) is 0 Å². The van der Waals surface area contributed by atoms with Gasteiger partial charge in [0.1, 0.15) is 12.4 Å². The molecule has 1 aromatic rings. The number of para-hydroxylation sites is 1. The van der Waals surface area contributed by atoms with Gasteiger partial charge in [0.15, 0.2) is 5.96 Å².